The molecule has 146 valence electrons. The summed E-state index contributed by atoms with van der Waals surface area (Å²) in [6, 6.07) is 12.7. The molecule has 0 fully saturated rings. The van der Waals surface area contributed by atoms with E-state index in [1.807, 2.05) is 24.3 Å². The van der Waals surface area contributed by atoms with E-state index in [0.717, 1.165) is 24.3 Å². The Morgan fingerprint density at radius 3 is 2.46 bits per heavy atom. The lowest BCUT2D eigenvalue weighted by molar-refractivity contribution is -0.138. The summed E-state index contributed by atoms with van der Waals surface area (Å²) >= 11 is 0. The average molecular weight is 381 g/mol. The highest BCUT2D eigenvalue weighted by Crippen LogP contribution is 2.35. The predicted octanol–water partition coefficient (Wildman–Crippen LogP) is 3.70. The van der Waals surface area contributed by atoms with Gasteiger partial charge in [0, 0.05) is 32.0 Å². The lowest BCUT2D eigenvalue weighted by Gasteiger charge is -2.20. The zero-order valence-corrected chi connectivity index (χ0v) is 16.2. The highest BCUT2D eigenvalue weighted by molar-refractivity contribution is 6.14. The molecule has 0 atom stereocenters. The number of nitrogens with zero attached hydrogens (tertiary/aromatic N) is 1. The maximum atomic E-state index is 12.6. The molecule has 2 aromatic carbocycles. The van der Waals surface area contributed by atoms with Crippen molar-refractivity contribution in [1.29, 1.82) is 0 Å². The van der Waals surface area contributed by atoms with Crippen molar-refractivity contribution in [2.45, 2.75) is 13.8 Å². The fraction of sp³-hybridized carbons (Fsp3) is 0.273. The quantitative estimate of drug-likeness (QED) is 0.414. The Kier molecular flexibility index (Phi) is 6.11. The van der Waals surface area contributed by atoms with Crippen LogP contribution in [-0.2, 0) is 9.53 Å². The smallest absolute Gasteiger partial charge is 0.337 e. The number of ketones is 1. The molecule has 0 spiro atoms. The van der Waals surface area contributed by atoms with E-state index in [1.54, 1.807) is 18.2 Å². The van der Waals surface area contributed by atoms with Gasteiger partial charge in [-0.1, -0.05) is 12.1 Å². The molecule has 0 unspecified atom stereocenters. The van der Waals surface area contributed by atoms with Crippen LogP contribution < -0.4 is 14.4 Å². The summed E-state index contributed by atoms with van der Waals surface area (Å²) in [6.45, 7) is 5.95. The number of rotatable bonds is 7. The molecule has 0 aliphatic carbocycles. The molecule has 0 saturated heterocycles. The number of Topliss-reactive ketones (excluding diaryl/α,β-unsaturated/α-hetero) is 1. The molecular weight excluding hydrogens is 358 g/mol. The van der Waals surface area contributed by atoms with E-state index >= 15 is 0 Å². The van der Waals surface area contributed by atoms with Crippen molar-refractivity contribution in [2.24, 2.45) is 0 Å². The number of fused-ring (bicyclic) bond motifs is 1. The summed E-state index contributed by atoms with van der Waals surface area (Å²) in [6.07, 6.45) is 1.71. The van der Waals surface area contributed by atoms with Crippen LogP contribution in [-0.4, -0.2) is 38.6 Å². The molecule has 6 nitrogen and oxygen atoms in total. The molecule has 0 saturated carbocycles. The summed E-state index contributed by atoms with van der Waals surface area (Å²) in [5.74, 6) is 0.205. The zero-order chi connectivity index (χ0) is 20.1. The maximum absolute atomic E-state index is 12.6. The largest absolute Gasteiger partial charge is 0.452 e. The first-order chi connectivity index (χ1) is 13.5. The number of hydrogen-bond donors (Lipinski definition) is 0. The Hall–Kier alpha value is -3.12. The van der Waals surface area contributed by atoms with E-state index in [9.17, 15) is 9.59 Å². The van der Waals surface area contributed by atoms with Gasteiger partial charge in [0.25, 0.3) is 0 Å². The van der Waals surface area contributed by atoms with Crippen LogP contribution in [0.1, 0.15) is 29.8 Å². The Labute approximate surface area is 164 Å². The van der Waals surface area contributed by atoms with Gasteiger partial charge in [-0.2, -0.15) is 0 Å². The topological polar surface area (TPSA) is 65.1 Å². The number of hydrogen-bond acceptors (Lipinski definition) is 6. The van der Waals surface area contributed by atoms with Gasteiger partial charge < -0.3 is 19.1 Å². The van der Waals surface area contributed by atoms with E-state index < -0.39 is 5.97 Å². The SMILES string of the molecule is CCN(CC)c1ccc(/C=C2\Oc3cc(OC(=O)COC)ccc3C2=O)cc1. The van der Waals surface area contributed by atoms with Crippen LogP contribution in [0, 0.1) is 0 Å². The summed E-state index contributed by atoms with van der Waals surface area (Å²) < 4.78 is 15.6. The van der Waals surface area contributed by atoms with Gasteiger partial charge in [-0.3, -0.25) is 4.79 Å². The molecule has 3 rings (SSSR count). The lowest BCUT2D eigenvalue weighted by atomic mass is 10.1. The van der Waals surface area contributed by atoms with Gasteiger partial charge >= 0.3 is 5.97 Å². The number of carbonyl (C=O) groups is 2. The van der Waals surface area contributed by atoms with Gasteiger partial charge in [0.05, 0.1) is 5.56 Å². The van der Waals surface area contributed by atoms with Crippen LogP contribution in [0.2, 0.25) is 0 Å². The van der Waals surface area contributed by atoms with Gasteiger partial charge in [0.15, 0.2) is 5.76 Å². The third-order valence-corrected chi connectivity index (χ3v) is 4.45. The monoisotopic (exact) mass is 381 g/mol. The maximum Gasteiger partial charge on any atom is 0.337 e. The van der Waals surface area contributed by atoms with E-state index in [2.05, 4.69) is 18.7 Å². The van der Waals surface area contributed by atoms with Crippen LogP contribution in [0.4, 0.5) is 5.69 Å². The molecule has 6 heteroatoms. The average Bonchev–Trinajstić information content (AvgIpc) is 2.99. The number of ether oxygens (including phenoxy) is 3. The zero-order valence-electron chi connectivity index (χ0n) is 16.2. The summed E-state index contributed by atoms with van der Waals surface area (Å²) in [5, 5.41) is 0. The molecule has 2 aromatic rings. The van der Waals surface area contributed by atoms with Crippen LogP contribution >= 0.6 is 0 Å². The third kappa shape index (κ3) is 4.23. The van der Waals surface area contributed by atoms with Crippen molar-refractivity contribution < 1.29 is 23.8 Å². The second-order valence-electron chi connectivity index (χ2n) is 6.27. The number of carbonyl (C=O) groups excluding carboxylic acids is 2. The molecular formula is C22H23NO5. The molecule has 0 bridgehead atoms. The number of methoxy groups -OCH3 is 1. The first-order valence-electron chi connectivity index (χ1n) is 9.18. The Bertz CT molecular complexity index is 898. The highest BCUT2D eigenvalue weighted by Gasteiger charge is 2.28. The van der Waals surface area contributed by atoms with Gasteiger partial charge in [0.1, 0.15) is 18.1 Å². The summed E-state index contributed by atoms with van der Waals surface area (Å²) in [4.78, 5) is 26.4. The fourth-order valence-corrected chi connectivity index (χ4v) is 3.03. The van der Waals surface area contributed by atoms with E-state index in [4.69, 9.17) is 14.2 Å². The van der Waals surface area contributed by atoms with Gasteiger partial charge in [-0.05, 0) is 49.8 Å². The van der Waals surface area contributed by atoms with Crippen molar-refractivity contribution in [3.05, 3.63) is 59.4 Å². The minimum Gasteiger partial charge on any atom is -0.452 e. The minimum atomic E-state index is -0.518. The van der Waals surface area contributed by atoms with Crippen molar-refractivity contribution >= 4 is 23.5 Å². The molecule has 1 heterocycles. The number of allylic oxidation sites excluding steroid dienone is 1. The van der Waals surface area contributed by atoms with Crippen LogP contribution in [0.25, 0.3) is 6.08 Å². The Balaban J connectivity index is 1.77. The number of anilines is 1. The molecule has 0 aromatic heterocycles. The fourth-order valence-electron chi connectivity index (χ4n) is 3.03. The van der Waals surface area contributed by atoms with Crippen LogP contribution in [0.5, 0.6) is 11.5 Å². The predicted molar refractivity (Wildman–Crippen MR) is 107 cm³/mol. The van der Waals surface area contributed by atoms with Crippen molar-refractivity contribution in [3.63, 3.8) is 0 Å². The van der Waals surface area contributed by atoms with Crippen molar-refractivity contribution in [1.82, 2.24) is 0 Å². The van der Waals surface area contributed by atoms with E-state index in [1.165, 1.54) is 13.2 Å². The van der Waals surface area contributed by atoms with E-state index in [-0.39, 0.29) is 18.1 Å². The summed E-state index contributed by atoms with van der Waals surface area (Å²) in [7, 11) is 1.41. The summed E-state index contributed by atoms with van der Waals surface area (Å²) in [5.41, 5.74) is 2.45. The molecule has 1 aliphatic rings. The minimum absolute atomic E-state index is 0.147. The lowest BCUT2D eigenvalue weighted by Crippen LogP contribution is -2.21. The van der Waals surface area contributed by atoms with Crippen molar-refractivity contribution in [2.75, 3.05) is 31.7 Å². The highest BCUT2D eigenvalue weighted by atomic mass is 16.6. The number of esters is 1. The van der Waals surface area contributed by atoms with Gasteiger partial charge in [-0.15, -0.1) is 0 Å². The normalized spacial score (nSPS) is 14.0. The molecule has 0 radical (unpaired) electrons. The van der Waals surface area contributed by atoms with Crippen LogP contribution in [0.3, 0.4) is 0 Å². The van der Waals surface area contributed by atoms with Crippen LogP contribution in [0.15, 0.2) is 48.2 Å². The Morgan fingerprint density at radius 2 is 1.82 bits per heavy atom. The number of benzene rings is 2. The first-order valence-corrected chi connectivity index (χ1v) is 9.18. The molecule has 28 heavy (non-hydrogen) atoms. The first kappa shape index (κ1) is 19.6. The van der Waals surface area contributed by atoms with Gasteiger partial charge in [0.2, 0.25) is 5.78 Å². The second-order valence-corrected chi connectivity index (χ2v) is 6.27. The molecule has 0 amide bonds. The molecule has 1 aliphatic heterocycles. The Morgan fingerprint density at radius 1 is 1.11 bits per heavy atom. The van der Waals surface area contributed by atoms with Crippen molar-refractivity contribution in [3.8, 4) is 11.5 Å². The standard InChI is InChI=1S/C22H23NO5/c1-4-23(5-2)16-8-6-15(7-9-16)12-20-22(25)18-11-10-17(13-19(18)28-20)27-21(24)14-26-3/h6-13H,4-5,14H2,1-3H3/b20-12-. The third-order valence-electron chi connectivity index (χ3n) is 4.45. The second kappa shape index (κ2) is 8.71. The van der Waals surface area contributed by atoms with Gasteiger partial charge in [-0.25, -0.2) is 4.79 Å². The molecule has 0 N–H and O–H groups in total. The van der Waals surface area contributed by atoms with E-state index in [0.29, 0.717) is 17.1 Å².